The summed E-state index contributed by atoms with van der Waals surface area (Å²) in [5.41, 5.74) is -0.438. The molecule has 0 spiro atoms. The van der Waals surface area contributed by atoms with Crippen molar-refractivity contribution < 1.29 is 17.2 Å². The van der Waals surface area contributed by atoms with Gasteiger partial charge in [0.1, 0.15) is 11.6 Å². The summed E-state index contributed by atoms with van der Waals surface area (Å²) in [5.74, 6) is -1.94. The first-order valence-electron chi connectivity index (χ1n) is 5.26. The lowest BCUT2D eigenvalue weighted by Crippen LogP contribution is -2.18. The summed E-state index contributed by atoms with van der Waals surface area (Å²) in [5, 5.41) is 11.3. The molecule has 0 aliphatic rings. The Kier molecular flexibility index (Phi) is 3.33. The van der Waals surface area contributed by atoms with E-state index in [4.69, 9.17) is 5.14 Å². The molecule has 0 saturated heterocycles. The second kappa shape index (κ2) is 4.67. The van der Waals surface area contributed by atoms with Crippen molar-refractivity contribution >= 4 is 10.0 Å². The molecule has 0 unspecified atom stereocenters. The van der Waals surface area contributed by atoms with Gasteiger partial charge in [0.15, 0.2) is 5.82 Å². The molecular weight excluding hydrogens is 278 g/mol. The van der Waals surface area contributed by atoms with E-state index in [0.29, 0.717) is 0 Å². The number of nitrogens with zero attached hydrogens (tertiary/aromatic N) is 3. The Morgan fingerprint density at radius 2 is 1.84 bits per heavy atom. The molecule has 0 aliphatic heterocycles. The van der Waals surface area contributed by atoms with Crippen molar-refractivity contribution in [1.29, 1.82) is 0 Å². The minimum atomic E-state index is -4.11. The molecule has 2 rings (SSSR count). The lowest BCUT2D eigenvalue weighted by Gasteiger charge is -2.07. The molecule has 0 amide bonds. The third-order valence-corrected chi connectivity index (χ3v) is 3.28. The number of rotatable bonds is 3. The zero-order valence-electron chi connectivity index (χ0n) is 9.84. The molecule has 1 aromatic carbocycles. The van der Waals surface area contributed by atoms with Crippen LogP contribution in [-0.2, 0) is 16.6 Å². The largest absolute Gasteiger partial charge is 0.297 e. The standard InChI is InChI=1S/C10H10F2N4O2S/c1-2-16-9(14-15-10(16)19(13,17)18)8-6(11)4-3-5-7(8)12/h3-5H,2H2,1H3,(H2,13,17,18). The number of hydrogen-bond acceptors (Lipinski definition) is 4. The highest BCUT2D eigenvalue weighted by atomic mass is 32.2. The molecule has 19 heavy (non-hydrogen) atoms. The van der Waals surface area contributed by atoms with Crippen LogP contribution in [0.2, 0.25) is 0 Å². The van der Waals surface area contributed by atoms with Crippen molar-refractivity contribution in [2.75, 3.05) is 0 Å². The highest BCUT2D eigenvalue weighted by Gasteiger charge is 2.24. The zero-order chi connectivity index (χ0) is 14.2. The SMILES string of the molecule is CCn1c(-c2c(F)cccc2F)nnc1S(N)(=O)=O. The van der Waals surface area contributed by atoms with E-state index in [1.54, 1.807) is 6.92 Å². The van der Waals surface area contributed by atoms with Gasteiger partial charge in [-0.15, -0.1) is 10.2 Å². The maximum absolute atomic E-state index is 13.7. The third kappa shape index (κ3) is 2.34. The monoisotopic (exact) mass is 288 g/mol. The van der Waals surface area contributed by atoms with Crippen molar-refractivity contribution in [2.45, 2.75) is 18.6 Å². The van der Waals surface area contributed by atoms with E-state index < -0.39 is 32.4 Å². The second-order valence-corrected chi connectivity index (χ2v) is 5.15. The molecule has 2 aromatic rings. The predicted molar refractivity (Wildman–Crippen MR) is 62.4 cm³/mol. The molecule has 2 N–H and O–H groups in total. The van der Waals surface area contributed by atoms with E-state index in [2.05, 4.69) is 10.2 Å². The molecule has 0 atom stereocenters. The van der Waals surface area contributed by atoms with Crippen LogP contribution in [-0.4, -0.2) is 23.2 Å². The van der Waals surface area contributed by atoms with E-state index in [9.17, 15) is 17.2 Å². The quantitative estimate of drug-likeness (QED) is 0.908. The Morgan fingerprint density at radius 1 is 1.26 bits per heavy atom. The van der Waals surface area contributed by atoms with Crippen molar-refractivity contribution in [2.24, 2.45) is 5.14 Å². The van der Waals surface area contributed by atoms with Gasteiger partial charge in [0.05, 0.1) is 5.56 Å². The van der Waals surface area contributed by atoms with Crippen molar-refractivity contribution in [1.82, 2.24) is 14.8 Å². The van der Waals surface area contributed by atoms with Crippen molar-refractivity contribution in [3.8, 4) is 11.4 Å². The zero-order valence-corrected chi connectivity index (χ0v) is 10.7. The predicted octanol–water partition coefficient (Wildman–Crippen LogP) is 0.891. The first kappa shape index (κ1) is 13.6. The average molecular weight is 288 g/mol. The Labute approximate surface area is 107 Å². The molecule has 6 nitrogen and oxygen atoms in total. The minimum Gasteiger partial charge on any atom is -0.297 e. The van der Waals surface area contributed by atoms with Gasteiger partial charge in [-0.1, -0.05) is 6.07 Å². The summed E-state index contributed by atoms with van der Waals surface area (Å²) in [6.07, 6.45) is 0. The van der Waals surface area contributed by atoms with Crippen LogP contribution in [0.1, 0.15) is 6.92 Å². The smallest absolute Gasteiger partial charge is 0.273 e. The summed E-state index contributed by atoms with van der Waals surface area (Å²) in [6.45, 7) is 1.68. The normalized spacial score (nSPS) is 11.8. The summed E-state index contributed by atoms with van der Waals surface area (Å²) >= 11 is 0. The second-order valence-electron chi connectivity index (χ2n) is 3.69. The number of sulfonamides is 1. The van der Waals surface area contributed by atoms with Crippen LogP contribution in [0.4, 0.5) is 8.78 Å². The Bertz CT molecular complexity index is 707. The number of hydrogen-bond donors (Lipinski definition) is 1. The average Bonchev–Trinajstić information content (AvgIpc) is 2.72. The van der Waals surface area contributed by atoms with Crippen molar-refractivity contribution in [3.05, 3.63) is 29.8 Å². The minimum absolute atomic E-state index is 0.0991. The van der Waals surface area contributed by atoms with Gasteiger partial charge in [-0.25, -0.2) is 22.3 Å². The van der Waals surface area contributed by atoms with Crippen LogP contribution in [0.5, 0.6) is 0 Å². The molecule has 1 heterocycles. The van der Waals surface area contributed by atoms with Gasteiger partial charge in [0, 0.05) is 6.54 Å². The molecule has 1 aromatic heterocycles. The van der Waals surface area contributed by atoms with Gasteiger partial charge >= 0.3 is 0 Å². The highest BCUT2D eigenvalue weighted by Crippen LogP contribution is 2.25. The van der Waals surface area contributed by atoms with Gasteiger partial charge in [-0.2, -0.15) is 0 Å². The van der Waals surface area contributed by atoms with Gasteiger partial charge in [0.2, 0.25) is 0 Å². The van der Waals surface area contributed by atoms with Gasteiger partial charge in [-0.05, 0) is 19.1 Å². The molecule has 0 aliphatic carbocycles. The maximum Gasteiger partial charge on any atom is 0.273 e. The van der Waals surface area contributed by atoms with Crippen LogP contribution in [0, 0.1) is 11.6 Å². The topological polar surface area (TPSA) is 90.9 Å². The lowest BCUT2D eigenvalue weighted by atomic mass is 10.2. The first-order valence-corrected chi connectivity index (χ1v) is 6.81. The number of primary sulfonamides is 1. The number of benzene rings is 1. The van der Waals surface area contributed by atoms with Gasteiger partial charge < -0.3 is 0 Å². The fraction of sp³-hybridized carbons (Fsp3) is 0.200. The molecule has 9 heteroatoms. The third-order valence-electron chi connectivity index (χ3n) is 2.47. The Hall–Kier alpha value is -1.87. The summed E-state index contributed by atoms with van der Waals surface area (Å²) in [6, 6.07) is 3.29. The number of aromatic nitrogens is 3. The summed E-state index contributed by atoms with van der Waals surface area (Å²) < 4.78 is 50.9. The van der Waals surface area contributed by atoms with E-state index in [-0.39, 0.29) is 12.4 Å². The fourth-order valence-corrected chi connectivity index (χ4v) is 2.36. The van der Waals surface area contributed by atoms with Crippen LogP contribution < -0.4 is 5.14 Å². The summed E-state index contributed by atoms with van der Waals surface area (Å²) in [7, 11) is -4.11. The molecule has 102 valence electrons. The van der Waals surface area contributed by atoms with E-state index in [1.165, 1.54) is 6.07 Å². The molecular formula is C10H10F2N4O2S. The maximum atomic E-state index is 13.7. The molecule has 0 fully saturated rings. The Balaban J connectivity index is 2.75. The highest BCUT2D eigenvalue weighted by molar-refractivity contribution is 7.89. The van der Waals surface area contributed by atoms with Gasteiger partial charge in [-0.3, -0.25) is 4.57 Å². The summed E-state index contributed by atoms with van der Waals surface area (Å²) in [4.78, 5) is 0. The molecule has 0 bridgehead atoms. The molecule has 0 saturated carbocycles. The van der Waals surface area contributed by atoms with E-state index in [1.807, 2.05) is 0 Å². The van der Waals surface area contributed by atoms with Crippen LogP contribution >= 0.6 is 0 Å². The van der Waals surface area contributed by atoms with Crippen molar-refractivity contribution in [3.63, 3.8) is 0 Å². The fourth-order valence-electron chi connectivity index (χ4n) is 1.68. The number of halogens is 2. The lowest BCUT2D eigenvalue weighted by molar-refractivity contribution is 0.565. The van der Waals surface area contributed by atoms with Crippen LogP contribution in [0.25, 0.3) is 11.4 Å². The first-order chi connectivity index (χ1) is 8.86. The van der Waals surface area contributed by atoms with Crippen LogP contribution in [0.3, 0.4) is 0 Å². The van der Waals surface area contributed by atoms with E-state index >= 15 is 0 Å². The molecule has 0 radical (unpaired) electrons. The van der Waals surface area contributed by atoms with E-state index in [0.717, 1.165) is 16.7 Å². The number of nitrogens with two attached hydrogens (primary N) is 1. The Morgan fingerprint density at radius 3 is 2.32 bits per heavy atom. The van der Waals surface area contributed by atoms with Gasteiger partial charge in [0.25, 0.3) is 15.2 Å². The van der Waals surface area contributed by atoms with Crippen LogP contribution in [0.15, 0.2) is 23.4 Å².